The number of benzene rings is 1. The van der Waals surface area contributed by atoms with Crippen molar-refractivity contribution in [3.8, 4) is 5.75 Å². The van der Waals surface area contributed by atoms with E-state index in [2.05, 4.69) is 16.1 Å². The second-order valence-electron chi connectivity index (χ2n) is 5.78. The molecule has 1 N–H and O–H groups in total. The van der Waals surface area contributed by atoms with Gasteiger partial charge >= 0.3 is 0 Å². The molecule has 0 fully saturated rings. The molecule has 0 amide bonds. The van der Waals surface area contributed by atoms with Crippen LogP contribution in [0, 0.1) is 13.8 Å². The van der Waals surface area contributed by atoms with Crippen LogP contribution in [0.15, 0.2) is 24.5 Å². The van der Waals surface area contributed by atoms with E-state index in [1.807, 2.05) is 45.0 Å². The van der Waals surface area contributed by atoms with Crippen molar-refractivity contribution in [1.29, 1.82) is 0 Å². The summed E-state index contributed by atoms with van der Waals surface area (Å²) < 4.78 is 7.41. The maximum absolute atomic E-state index is 10.1. The van der Waals surface area contributed by atoms with Gasteiger partial charge in [0.15, 0.2) is 0 Å². The lowest BCUT2D eigenvalue weighted by atomic mass is 10.1. The summed E-state index contributed by atoms with van der Waals surface area (Å²) in [5, 5.41) is 14.1. The number of hydrogen-bond acceptors (Lipinski definition) is 5. The largest absolute Gasteiger partial charge is 0.491 e. The zero-order valence-electron chi connectivity index (χ0n) is 13.7. The van der Waals surface area contributed by atoms with Gasteiger partial charge in [-0.1, -0.05) is 6.07 Å². The molecule has 2 rings (SSSR count). The molecule has 120 valence electrons. The number of rotatable bonds is 7. The SMILES string of the molecule is Cc1cc(C)cc(OCC(O)CN(C)Cc2ncnn2C)c1. The highest BCUT2D eigenvalue weighted by Gasteiger charge is 2.12. The van der Waals surface area contributed by atoms with Crippen LogP contribution in [0.1, 0.15) is 17.0 Å². The van der Waals surface area contributed by atoms with Crippen LogP contribution in [0.3, 0.4) is 0 Å². The molecule has 0 aliphatic rings. The number of nitrogens with zero attached hydrogens (tertiary/aromatic N) is 4. The van der Waals surface area contributed by atoms with E-state index in [0.717, 1.165) is 22.7 Å². The van der Waals surface area contributed by atoms with E-state index in [0.29, 0.717) is 13.1 Å². The highest BCUT2D eigenvalue weighted by Crippen LogP contribution is 2.16. The zero-order chi connectivity index (χ0) is 16.1. The average molecular weight is 304 g/mol. The number of likely N-dealkylation sites (N-methyl/N-ethyl adjacent to an activating group) is 1. The van der Waals surface area contributed by atoms with Crippen LogP contribution < -0.4 is 4.74 Å². The van der Waals surface area contributed by atoms with Gasteiger partial charge in [0, 0.05) is 13.6 Å². The third-order valence-electron chi connectivity index (χ3n) is 3.38. The first-order valence-corrected chi connectivity index (χ1v) is 7.34. The molecule has 0 radical (unpaired) electrons. The third-order valence-corrected chi connectivity index (χ3v) is 3.38. The molecule has 0 saturated heterocycles. The number of ether oxygens (including phenoxy) is 1. The summed E-state index contributed by atoms with van der Waals surface area (Å²) in [5.41, 5.74) is 2.31. The van der Waals surface area contributed by atoms with Gasteiger partial charge in [0.2, 0.25) is 0 Å². The van der Waals surface area contributed by atoms with Crippen molar-refractivity contribution < 1.29 is 9.84 Å². The average Bonchev–Trinajstić information content (AvgIpc) is 2.81. The molecule has 1 heterocycles. The first kappa shape index (κ1) is 16.5. The Bertz CT molecular complexity index is 592. The number of aliphatic hydroxyl groups is 1. The zero-order valence-corrected chi connectivity index (χ0v) is 13.7. The molecule has 0 spiro atoms. The molecule has 6 heteroatoms. The lowest BCUT2D eigenvalue weighted by Crippen LogP contribution is -2.33. The summed E-state index contributed by atoms with van der Waals surface area (Å²) in [6, 6.07) is 6.05. The second-order valence-corrected chi connectivity index (χ2v) is 5.78. The Morgan fingerprint density at radius 2 is 1.95 bits per heavy atom. The van der Waals surface area contributed by atoms with Crippen LogP contribution in [0.4, 0.5) is 0 Å². The summed E-state index contributed by atoms with van der Waals surface area (Å²) in [6.45, 7) is 5.48. The van der Waals surface area contributed by atoms with Crippen molar-refractivity contribution in [2.45, 2.75) is 26.5 Å². The molecule has 0 aliphatic carbocycles. The molecule has 0 bridgehead atoms. The summed E-state index contributed by atoms with van der Waals surface area (Å²) in [4.78, 5) is 6.17. The first-order valence-electron chi connectivity index (χ1n) is 7.34. The van der Waals surface area contributed by atoms with Gasteiger partial charge in [-0.2, -0.15) is 5.10 Å². The van der Waals surface area contributed by atoms with Gasteiger partial charge < -0.3 is 9.84 Å². The smallest absolute Gasteiger partial charge is 0.140 e. The van der Waals surface area contributed by atoms with Gasteiger partial charge in [0.1, 0.15) is 30.6 Å². The van der Waals surface area contributed by atoms with Gasteiger partial charge in [0.25, 0.3) is 0 Å². The Hall–Kier alpha value is -1.92. The van der Waals surface area contributed by atoms with Crippen LogP contribution in [0.2, 0.25) is 0 Å². The van der Waals surface area contributed by atoms with Crippen LogP contribution >= 0.6 is 0 Å². The molecule has 0 aliphatic heterocycles. The van der Waals surface area contributed by atoms with Gasteiger partial charge in [-0.25, -0.2) is 4.98 Å². The third kappa shape index (κ3) is 4.82. The Kier molecular flexibility index (Phi) is 5.51. The fraction of sp³-hybridized carbons (Fsp3) is 0.500. The quantitative estimate of drug-likeness (QED) is 0.835. The lowest BCUT2D eigenvalue weighted by molar-refractivity contribution is 0.0733. The molecular formula is C16H24N4O2. The highest BCUT2D eigenvalue weighted by molar-refractivity contribution is 5.32. The Balaban J connectivity index is 1.79. The van der Waals surface area contributed by atoms with E-state index >= 15 is 0 Å². The van der Waals surface area contributed by atoms with Crippen LogP contribution in [-0.2, 0) is 13.6 Å². The van der Waals surface area contributed by atoms with E-state index in [4.69, 9.17) is 4.74 Å². The highest BCUT2D eigenvalue weighted by atomic mass is 16.5. The maximum Gasteiger partial charge on any atom is 0.140 e. The second kappa shape index (κ2) is 7.38. The minimum Gasteiger partial charge on any atom is -0.491 e. The van der Waals surface area contributed by atoms with E-state index in [9.17, 15) is 5.11 Å². The molecule has 1 atom stereocenters. The molecule has 1 aromatic carbocycles. The van der Waals surface area contributed by atoms with Crippen molar-refractivity contribution >= 4 is 0 Å². The number of aromatic nitrogens is 3. The van der Waals surface area contributed by atoms with E-state index in [1.54, 1.807) is 4.68 Å². The van der Waals surface area contributed by atoms with E-state index < -0.39 is 6.10 Å². The van der Waals surface area contributed by atoms with Crippen molar-refractivity contribution in [2.24, 2.45) is 7.05 Å². The predicted octanol–water partition coefficient (Wildman–Crippen LogP) is 1.30. The molecule has 2 aromatic rings. The Morgan fingerprint density at radius 1 is 1.27 bits per heavy atom. The van der Waals surface area contributed by atoms with Crippen LogP contribution in [0.5, 0.6) is 5.75 Å². The van der Waals surface area contributed by atoms with Gasteiger partial charge in [-0.05, 0) is 44.2 Å². The number of aryl methyl sites for hydroxylation is 3. The summed E-state index contributed by atoms with van der Waals surface area (Å²) in [7, 11) is 3.80. The van der Waals surface area contributed by atoms with Gasteiger partial charge in [-0.15, -0.1) is 0 Å². The summed E-state index contributed by atoms with van der Waals surface area (Å²) in [6.07, 6.45) is 0.974. The fourth-order valence-electron chi connectivity index (χ4n) is 2.39. The van der Waals surface area contributed by atoms with Crippen molar-refractivity contribution in [1.82, 2.24) is 19.7 Å². The number of aliphatic hydroxyl groups excluding tert-OH is 1. The fourth-order valence-corrected chi connectivity index (χ4v) is 2.39. The molecule has 22 heavy (non-hydrogen) atoms. The van der Waals surface area contributed by atoms with Gasteiger partial charge in [0.05, 0.1) is 6.54 Å². The minimum atomic E-state index is -0.556. The normalized spacial score (nSPS) is 12.6. The standard InChI is InChI=1S/C16H24N4O2/c1-12-5-13(2)7-15(6-12)22-10-14(21)8-19(3)9-16-17-11-18-20(16)4/h5-7,11,14,21H,8-10H2,1-4H3. The maximum atomic E-state index is 10.1. The van der Waals surface area contributed by atoms with E-state index in [1.165, 1.54) is 6.33 Å². The topological polar surface area (TPSA) is 63.4 Å². The predicted molar refractivity (Wildman–Crippen MR) is 84.8 cm³/mol. The van der Waals surface area contributed by atoms with Crippen molar-refractivity contribution in [3.05, 3.63) is 41.5 Å². The summed E-state index contributed by atoms with van der Waals surface area (Å²) >= 11 is 0. The molecule has 1 aromatic heterocycles. The van der Waals surface area contributed by atoms with Crippen molar-refractivity contribution in [3.63, 3.8) is 0 Å². The first-order chi connectivity index (χ1) is 10.4. The minimum absolute atomic E-state index is 0.270. The van der Waals surface area contributed by atoms with E-state index in [-0.39, 0.29) is 6.61 Å². The van der Waals surface area contributed by atoms with Crippen LogP contribution in [-0.4, -0.2) is 51.1 Å². The van der Waals surface area contributed by atoms with Crippen molar-refractivity contribution in [2.75, 3.05) is 20.2 Å². The summed E-state index contributed by atoms with van der Waals surface area (Å²) in [5.74, 6) is 1.66. The monoisotopic (exact) mass is 304 g/mol. The van der Waals surface area contributed by atoms with Crippen LogP contribution in [0.25, 0.3) is 0 Å². The molecule has 1 unspecified atom stereocenters. The number of hydrogen-bond donors (Lipinski definition) is 1. The molecule has 0 saturated carbocycles. The van der Waals surface area contributed by atoms with Gasteiger partial charge in [-0.3, -0.25) is 9.58 Å². The molecule has 6 nitrogen and oxygen atoms in total. The Labute approximate surface area is 131 Å². The lowest BCUT2D eigenvalue weighted by Gasteiger charge is -2.20. The molecular weight excluding hydrogens is 280 g/mol. The Morgan fingerprint density at radius 3 is 2.55 bits per heavy atom.